The monoisotopic (exact) mass is 212 g/mol. The lowest BCUT2D eigenvalue weighted by molar-refractivity contribution is -0.124. The van der Waals surface area contributed by atoms with Gasteiger partial charge in [0.15, 0.2) is 0 Å². The van der Waals surface area contributed by atoms with Gasteiger partial charge in [0.05, 0.1) is 0 Å². The minimum absolute atomic E-state index is 0.246. The molecule has 1 aliphatic carbocycles. The number of rotatable bonds is 3. The average molecular weight is 212 g/mol. The predicted molar refractivity (Wildman–Crippen MR) is 63.6 cm³/mol. The van der Waals surface area contributed by atoms with E-state index < -0.39 is 0 Å². The predicted octanol–water partition coefficient (Wildman–Crippen LogP) is 3.30. The molecule has 1 rings (SSSR count). The lowest BCUT2D eigenvalue weighted by Crippen LogP contribution is -2.33. The Kier molecular flexibility index (Phi) is 4.24. The third-order valence-corrected chi connectivity index (χ3v) is 4.47. The van der Waals surface area contributed by atoms with E-state index in [0.717, 1.165) is 18.6 Å². The van der Waals surface area contributed by atoms with Crippen molar-refractivity contribution in [2.24, 2.45) is 11.8 Å². The van der Waals surface area contributed by atoms with Crippen LogP contribution < -0.4 is 0 Å². The maximum atomic E-state index is 11.7. The van der Waals surface area contributed by atoms with E-state index >= 15 is 0 Å². The van der Waals surface area contributed by atoms with Crippen molar-refractivity contribution in [2.75, 3.05) is 5.75 Å². The first-order chi connectivity index (χ1) is 6.56. The van der Waals surface area contributed by atoms with Gasteiger partial charge >= 0.3 is 0 Å². The first-order valence-electron chi connectivity index (χ1n) is 5.36. The molecule has 0 amide bonds. The summed E-state index contributed by atoms with van der Waals surface area (Å²) in [6.45, 7) is 10.2. The van der Waals surface area contributed by atoms with Gasteiger partial charge in [-0.25, -0.2) is 0 Å². The van der Waals surface area contributed by atoms with Crippen LogP contribution in [0.1, 0.15) is 33.6 Å². The summed E-state index contributed by atoms with van der Waals surface area (Å²) in [5, 5.41) is 0.517. The van der Waals surface area contributed by atoms with E-state index in [-0.39, 0.29) is 5.92 Å². The molecule has 14 heavy (non-hydrogen) atoms. The van der Waals surface area contributed by atoms with E-state index in [1.54, 1.807) is 0 Å². The Morgan fingerprint density at radius 1 is 1.64 bits per heavy atom. The number of carbonyl (C=O) groups is 1. The fourth-order valence-corrected chi connectivity index (χ4v) is 3.24. The minimum Gasteiger partial charge on any atom is -0.299 e. The molecule has 0 heterocycles. The van der Waals surface area contributed by atoms with Crippen molar-refractivity contribution in [3.05, 3.63) is 12.2 Å². The van der Waals surface area contributed by atoms with E-state index in [9.17, 15) is 4.79 Å². The number of hydrogen-bond donors (Lipinski definition) is 0. The highest BCUT2D eigenvalue weighted by Crippen LogP contribution is 2.36. The maximum Gasteiger partial charge on any atom is 0.137 e. The molecular weight excluding hydrogens is 192 g/mol. The largest absolute Gasteiger partial charge is 0.299 e. The molecule has 0 aliphatic heterocycles. The van der Waals surface area contributed by atoms with Crippen LogP contribution in [0.3, 0.4) is 0 Å². The molecular formula is C12H20OS. The third-order valence-electron chi connectivity index (χ3n) is 3.11. The van der Waals surface area contributed by atoms with Crippen LogP contribution in [0, 0.1) is 11.8 Å². The summed E-state index contributed by atoms with van der Waals surface area (Å²) in [6, 6.07) is 0. The zero-order valence-electron chi connectivity index (χ0n) is 9.38. The molecule has 2 heteroatoms. The third kappa shape index (κ3) is 2.63. The summed E-state index contributed by atoms with van der Waals surface area (Å²) in [5.74, 6) is 2.21. The van der Waals surface area contributed by atoms with Crippen LogP contribution >= 0.6 is 11.8 Å². The lowest BCUT2D eigenvalue weighted by atomic mass is 9.79. The Balaban J connectivity index is 2.66. The SMILES string of the molecule is C=C(C)[C@@H]1CC(=O)C(C)C(SCC)C1. The van der Waals surface area contributed by atoms with E-state index in [2.05, 4.69) is 20.4 Å². The van der Waals surface area contributed by atoms with Crippen LogP contribution in [0.15, 0.2) is 12.2 Å². The second-order valence-electron chi connectivity index (χ2n) is 4.23. The molecule has 2 unspecified atom stereocenters. The summed E-state index contributed by atoms with van der Waals surface area (Å²) in [6.07, 6.45) is 1.86. The van der Waals surface area contributed by atoms with Crippen LogP contribution in [0.2, 0.25) is 0 Å². The average Bonchev–Trinajstić information content (AvgIpc) is 2.12. The molecule has 1 aliphatic rings. The smallest absolute Gasteiger partial charge is 0.137 e. The van der Waals surface area contributed by atoms with Gasteiger partial charge in [-0.3, -0.25) is 4.79 Å². The van der Waals surface area contributed by atoms with Gasteiger partial charge in [0, 0.05) is 17.6 Å². The van der Waals surface area contributed by atoms with Gasteiger partial charge in [0.25, 0.3) is 0 Å². The Morgan fingerprint density at radius 3 is 2.79 bits per heavy atom. The van der Waals surface area contributed by atoms with Crippen LogP contribution in [-0.4, -0.2) is 16.8 Å². The Labute approximate surface area is 91.3 Å². The highest BCUT2D eigenvalue weighted by Gasteiger charge is 2.33. The molecule has 1 fully saturated rings. The Bertz CT molecular complexity index is 234. The topological polar surface area (TPSA) is 17.1 Å². The number of thioether (sulfide) groups is 1. The highest BCUT2D eigenvalue weighted by molar-refractivity contribution is 7.99. The number of carbonyl (C=O) groups excluding carboxylic acids is 1. The quantitative estimate of drug-likeness (QED) is 0.668. The summed E-state index contributed by atoms with van der Waals surface area (Å²) >= 11 is 1.92. The lowest BCUT2D eigenvalue weighted by Gasteiger charge is -2.33. The van der Waals surface area contributed by atoms with Crippen LogP contribution in [-0.2, 0) is 4.79 Å². The van der Waals surface area contributed by atoms with Crippen LogP contribution in [0.5, 0.6) is 0 Å². The van der Waals surface area contributed by atoms with E-state index in [4.69, 9.17) is 0 Å². The summed E-state index contributed by atoms with van der Waals surface area (Å²) < 4.78 is 0. The molecule has 0 aromatic carbocycles. The molecule has 0 spiro atoms. The summed E-state index contributed by atoms with van der Waals surface area (Å²) in [7, 11) is 0. The molecule has 0 saturated heterocycles. The van der Waals surface area contributed by atoms with E-state index in [1.807, 2.05) is 18.7 Å². The first-order valence-corrected chi connectivity index (χ1v) is 6.40. The highest BCUT2D eigenvalue weighted by atomic mass is 32.2. The van der Waals surface area contributed by atoms with Crippen molar-refractivity contribution >= 4 is 17.5 Å². The van der Waals surface area contributed by atoms with E-state index in [1.165, 1.54) is 5.57 Å². The minimum atomic E-state index is 0.246. The van der Waals surface area contributed by atoms with Gasteiger partial charge in [0.1, 0.15) is 5.78 Å². The number of hydrogen-bond acceptors (Lipinski definition) is 2. The van der Waals surface area contributed by atoms with E-state index in [0.29, 0.717) is 17.0 Å². The van der Waals surface area contributed by atoms with Gasteiger partial charge in [-0.1, -0.05) is 26.0 Å². The number of ketones is 1. The molecule has 80 valence electrons. The van der Waals surface area contributed by atoms with Gasteiger partial charge < -0.3 is 0 Å². The fourth-order valence-electron chi connectivity index (χ4n) is 2.01. The molecule has 0 N–H and O–H groups in total. The Morgan fingerprint density at radius 2 is 2.29 bits per heavy atom. The van der Waals surface area contributed by atoms with Gasteiger partial charge in [0.2, 0.25) is 0 Å². The normalized spacial score (nSPS) is 33.1. The molecule has 0 aromatic rings. The molecule has 0 bridgehead atoms. The van der Waals surface area contributed by atoms with Crippen LogP contribution in [0.4, 0.5) is 0 Å². The maximum absolute atomic E-state index is 11.7. The van der Waals surface area contributed by atoms with Crippen molar-refractivity contribution in [1.82, 2.24) is 0 Å². The molecule has 1 nitrogen and oxygen atoms in total. The first kappa shape index (κ1) is 11.8. The van der Waals surface area contributed by atoms with Crippen molar-refractivity contribution in [3.8, 4) is 0 Å². The molecule has 1 saturated carbocycles. The van der Waals surface area contributed by atoms with Gasteiger partial charge in [-0.05, 0) is 25.0 Å². The number of Topliss-reactive ketones (excluding diaryl/α,β-unsaturated/α-hetero) is 1. The van der Waals surface area contributed by atoms with Crippen molar-refractivity contribution < 1.29 is 4.79 Å². The standard InChI is InChI=1S/C12H20OS/c1-5-14-12-7-10(8(2)3)6-11(13)9(12)4/h9-10,12H,2,5-7H2,1,3-4H3/t9?,10-,12?/m1/s1. The van der Waals surface area contributed by atoms with Gasteiger partial charge in [-0.2, -0.15) is 11.8 Å². The zero-order valence-corrected chi connectivity index (χ0v) is 10.2. The summed E-state index contributed by atoms with van der Waals surface area (Å²) in [5.41, 5.74) is 1.17. The molecule has 0 aromatic heterocycles. The Hall–Kier alpha value is -0.240. The zero-order chi connectivity index (χ0) is 10.7. The van der Waals surface area contributed by atoms with Gasteiger partial charge in [-0.15, -0.1) is 0 Å². The van der Waals surface area contributed by atoms with Crippen LogP contribution in [0.25, 0.3) is 0 Å². The molecule has 0 radical (unpaired) electrons. The van der Waals surface area contributed by atoms with Crippen molar-refractivity contribution in [1.29, 1.82) is 0 Å². The summed E-state index contributed by atoms with van der Waals surface area (Å²) in [4.78, 5) is 11.7. The second kappa shape index (κ2) is 5.01. The second-order valence-corrected chi connectivity index (χ2v) is 5.75. The number of allylic oxidation sites excluding steroid dienone is 1. The molecule has 3 atom stereocenters. The van der Waals surface area contributed by atoms with Crippen molar-refractivity contribution in [2.45, 2.75) is 38.9 Å². The van der Waals surface area contributed by atoms with Crippen molar-refractivity contribution in [3.63, 3.8) is 0 Å². The fraction of sp³-hybridized carbons (Fsp3) is 0.750.